The van der Waals surface area contributed by atoms with Crippen molar-refractivity contribution >= 4 is 17.5 Å². The van der Waals surface area contributed by atoms with E-state index < -0.39 is 11.6 Å². The van der Waals surface area contributed by atoms with Gasteiger partial charge in [-0.3, -0.25) is 9.59 Å². The van der Waals surface area contributed by atoms with Crippen LogP contribution < -0.4 is 5.32 Å². The third kappa shape index (κ3) is 4.65. The molecule has 2 aromatic carbocycles. The Morgan fingerprint density at radius 2 is 1.81 bits per heavy atom. The van der Waals surface area contributed by atoms with Crippen LogP contribution in [0.25, 0.3) is 0 Å². The van der Waals surface area contributed by atoms with Crippen LogP contribution in [0.3, 0.4) is 0 Å². The van der Waals surface area contributed by atoms with Gasteiger partial charge in [-0.05, 0) is 36.6 Å². The molecule has 0 heterocycles. The molecule has 0 radical (unpaired) electrons. The summed E-state index contributed by atoms with van der Waals surface area (Å²) in [6.45, 7) is 1.57. The molecule has 0 saturated heterocycles. The third-order valence-corrected chi connectivity index (χ3v) is 4.29. The van der Waals surface area contributed by atoms with E-state index in [9.17, 15) is 18.4 Å². The Balaban J connectivity index is 1.68. The Morgan fingerprint density at radius 1 is 1.12 bits per heavy atom. The van der Waals surface area contributed by atoms with Gasteiger partial charge in [-0.15, -0.1) is 0 Å². The Labute approximate surface area is 150 Å². The summed E-state index contributed by atoms with van der Waals surface area (Å²) in [5.41, 5.74) is 1.79. The molecule has 1 saturated carbocycles. The molecule has 3 rings (SSSR count). The highest BCUT2D eigenvalue weighted by atomic mass is 19.1. The molecule has 26 heavy (non-hydrogen) atoms. The van der Waals surface area contributed by atoms with Gasteiger partial charge in [0.2, 0.25) is 11.8 Å². The third-order valence-electron chi connectivity index (χ3n) is 4.29. The molecular weight excluding hydrogens is 338 g/mol. The number of hydrogen-bond donors (Lipinski definition) is 1. The van der Waals surface area contributed by atoms with Crippen molar-refractivity contribution in [3.63, 3.8) is 0 Å². The Kier molecular flexibility index (Phi) is 5.30. The first-order valence-corrected chi connectivity index (χ1v) is 8.52. The van der Waals surface area contributed by atoms with Crippen molar-refractivity contribution in [2.24, 2.45) is 0 Å². The van der Waals surface area contributed by atoms with E-state index in [2.05, 4.69) is 5.32 Å². The second-order valence-electron chi connectivity index (χ2n) is 6.54. The van der Waals surface area contributed by atoms with Crippen LogP contribution in [0.2, 0.25) is 0 Å². The summed E-state index contributed by atoms with van der Waals surface area (Å²) in [5.74, 6) is -1.52. The molecule has 1 aliphatic carbocycles. The van der Waals surface area contributed by atoms with Crippen molar-refractivity contribution in [2.45, 2.75) is 38.8 Å². The normalized spacial score (nSPS) is 13.3. The first kappa shape index (κ1) is 18.0. The van der Waals surface area contributed by atoms with Gasteiger partial charge in [-0.2, -0.15) is 0 Å². The SMILES string of the molecule is CC(=O)Nc1ccc(CC(=O)N(Cc2ccc(F)cc2F)C2CC2)cc1. The number of benzene rings is 2. The predicted octanol–water partition coefficient (Wildman–Crippen LogP) is 3.66. The summed E-state index contributed by atoms with van der Waals surface area (Å²) in [6, 6.07) is 10.6. The molecule has 0 aromatic heterocycles. The van der Waals surface area contributed by atoms with E-state index in [1.165, 1.54) is 19.1 Å². The molecule has 6 heteroatoms. The Bertz CT molecular complexity index is 817. The molecular formula is C20H20F2N2O2. The number of rotatable bonds is 6. The molecule has 1 fully saturated rings. The number of carbonyl (C=O) groups is 2. The second kappa shape index (κ2) is 7.64. The molecule has 4 nitrogen and oxygen atoms in total. The van der Waals surface area contributed by atoms with Crippen LogP contribution in [0.5, 0.6) is 0 Å². The summed E-state index contributed by atoms with van der Waals surface area (Å²) in [7, 11) is 0. The van der Waals surface area contributed by atoms with Gasteiger partial charge in [0.25, 0.3) is 0 Å². The first-order valence-electron chi connectivity index (χ1n) is 8.52. The number of nitrogens with zero attached hydrogens (tertiary/aromatic N) is 1. The van der Waals surface area contributed by atoms with Crippen molar-refractivity contribution in [3.05, 3.63) is 65.2 Å². The highest BCUT2D eigenvalue weighted by Gasteiger charge is 2.32. The van der Waals surface area contributed by atoms with Gasteiger partial charge in [-0.1, -0.05) is 18.2 Å². The summed E-state index contributed by atoms with van der Waals surface area (Å²) < 4.78 is 27.0. The summed E-state index contributed by atoms with van der Waals surface area (Å²) in [6.07, 6.45) is 1.99. The lowest BCUT2D eigenvalue weighted by molar-refractivity contribution is -0.131. The smallest absolute Gasteiger partial charge is 0.227 e. The molecule has 0 spiro atoms. The van der Waals surface area contributed by atoms with E-state index in [0.717, 1.165) is 24.5 Å². The van der Waals surface area contributed by atoms with Crippen LogP contribution in [0, 0.1) is 11.6 Å². The monoisotopic (exact) mass is 358 g/mol. The van der Waals surface area contributed by atoms with E-state index in [-0.39, 0.29) is 30.8 Å². The van der Waals surface area contributed by atoms with Gasteiger partial charge in [0.05, 0.1) is 6.42 Å². The minimum Gasteiger partial charge on any atom is -0.335 e. The van der Waals surface area contributed by atoms with E-state index in [1.54, 1.807) is 29.2 Å². The first-order chi connectivity index (χ1) is 12.4. The van der Waals surface area contributed by atoms with Crippen molar-refractivity contribution in [1.82, 2.24) is 4.90 Å². The summed E-state index contributed by atoms with van der Waals surface area (Å²) in [4.78, 5) is 25.4. The van der Waals surface area contributed by atoms with Crippen molar-refractivity contribution < 1.29 is 18.4 Å². The van der Waals surface area contributed by atoms with Gasteiger partial charge >= 0.3 is 0 Å². The van der Waals surface area contributed by atoms with E-state index in [1.807, 2.05) is 0 Å². The molecule has 136 valence electrons. The molecule has 2 aromatic rings. The molecule has 1 aliphatic rings. The van der Waals surface area contributed by atoms with Gasteiger partial charge in [-0.25, -0.2) is 8.78 Å². The maximum atomic E-state index is 13.9. The van der Waals surface area contributed by atoms with E-state index >= 15 is 0 Å². The molecule has 0 aliphatic heterocycles. The number of halogens is 2. The number of hydrogen-bond acceptors (Lipinski definition) is 2. The standard InChI is InChI=1S/C20H20F2N2O2/c1-13(25)23-17-6-2-14(3-7-17)10-20(26)24(18-8-9-18)12-15-4-5-16(21)11-19(15)22/h2-7,11,18H,8-10,12H2,1H3,(H,23,25). The molecule has 0 atom stereocenters. The van der Waals surface area contributed by atoms with Crippen molar-refractivity contribution in [1.29, 1.82) is 0 Å². The van der Waals surface area contributed by atoms with Crippen LogP contribution in [-0.2, 0) is 22.6 Å². The molecule has 1 N–H and O–H groups in total. The maximum absolute atomic E-state index is 13.9. The summed E-state index contributed by atoms with van der Waals surface area (Å²) in [5, 5.41) is 2.67. The van der Waals surface area contributed by atoms with E-state index in [0.29, 0.717) is 11.3 Å². The highest BCUT2D eigenvalue weighted by Crippen LogP contribution is 2.29. The maximum Gasteiger partial charge on any atom is 0.227 e. The largest absolute Gasteiger partial charge is 0.335 e. The van der Waals surface area contributed by atoms with Crippen molar-refractivity contribution in [3.8, 4) is 0 Å². The lowest BCUT2D eigenvalue weighted by Gasteiger charge is -2.23. The highest BCUT2D eigenvalue weighted by molar-refractivity contribution is 5.88. The quantitative estimate of drug-likeness (QED) is 0.857. The Hall–Kier alpha value is -2.76. The molecule has 0 unspecified atom stereocenters. The minimum atomic E-state index is -0.636. The van der Waals surface area contributed by atoms with Crippen molar-refractivity contribution in [2.75, 3.05) is 5.32 Å². The fourth-order valence-electron chi connectivity index (χ4n) is 2.83. The fourth-order valence-corrected chi connectivity index (χ4v) is 2.83. The predicted molar refractivity (Wildman–Crippen MR) is 94.4 cm³/mol. The zero-order valence-corrected chi connectivity index (χ0v) is 14.5. The van der Waals surface area contributed by atoms with Crippen LogP contribution in [-0.4, -0.2) is 22.8 Å². The van der Waals surface area contributed by atoms with Crippen LogP contribution in [0.1, 0.15) is 30.9 Å². The zero-order chi connectivity index (χ0) is 18.7. The average molecular weight is 358 g/mol. The van der Waals surface area contributed by atoms with Crippen LogP contribution in [0.15, 0.2) is 42.5 Å². The number of anilines is 1. The van der Waals surface area contributed by atoms with Gasteiger partial charge in [0.15, 0.2) is 0 Å². The van der Waals surface area contributed by atoms with Crippen LogP contribution >= 0.6 is 0 Å². The zero-order valence-electron chi connectivity index (χ0n) is 14.5. The van der Waals surface area contributed by atoms with Gasteiger partial charge in [0.1, 0.15) is 11.6 Å². The van der Waals surface area contributed by atoms with Crippen LogP contribution in [0.4, 0.5) is 14.5 Å². The lowest BCUT2D eigenvalue weighted by Crippen LogP contribution is -2.34. The second-order valence-corrected chi connectivity index (χ2v) is 6.54. The Morgan fingerprint density at radius 3 is 2.38 bits per heavy atom. The fraction of sp³-hybridized carbons (Fsp3) is 0.300. The molecule has 0 bridgehead atoms. The number of amides is 2. The summed E-state index contributed by atoms with van der Waals surface area (Å²) >= 11 is 0. The van der Waals surface area contributed by atoms with Gasteiger partial charge < -0.3 is 10.2 Å². The number of carbonyl (C=O) groups excluding carboxylic acids is 2. The molecule has 2 amide bonds. The average Bonchev–Trinajstić information content (AvgIpc) is 3.40. The van der Waals surface area contributed by atoms with Gasteiger partial charge in [0, 0.05) is 36.8 Å². The minimum absolute atomic E-state index is 0.0940. The lowest BCUT2D eigenvalue weighted by atomic mass is 10.1. The van der Waals surface area contributed by atoms with E-state index in [4.69, 9.17) is 0 Å². The number of nitrogens with one attached hydrogen (secondary N) is 1. The topological polar surface area (TPSA) is 49.4 Å².